The van der Waals surface area contributed by atoms with Gasteiger partial charge in [0.25, 0.3) is 0 Å². The number of hydrogen-bond donors (Lipinski definition) is 2. The number of carboxylic acids is 1. The highest BCUT2D eigenvalue weighted by molar-refractivity contribution is 5.87. The van der Waals surface area contributed by atoms with Crippen LogP contribution in [0.5, 0.6) is 0 Å². The molecule has 2 aliphatic rings. The minimum Gasteiger partial charge on any atom is -0.479 e. The maximum Gasteiger partial charge on any atom is 0.331 e. The van der Waals surface area contributed by atoms with E-state index in [1.807, 2.05) is 0 Å². The van der Waals surface area contributed by atoms with E-state index in [2.05, 4.69) is 26.1 Å². The molecule has 0 aromatic carbocycles. The van der Waals surface area contributed by atoms with Gasteiger partial charge in [0.05, 0.1) is 6.61 Å². The largest absolute Gasteiger partial charge is 0.479 e. The van der Waals surface area contributed by atoms with Gasteiger partial charge in [-0.2, -0.15) is 0 Å². The van der Waals surface area contributed by atoms with Crippen molar-refractivity contribution in [3.8, 4) is 0 Å². The zero-order valence-electron chi connectivity index (χ0n) is 13.3. The van der Waals surface area contributed by atoms with Crippen LogP contribution in [-0.4, -0.2) is 35.7 Å². The Kier molecular flexibility index (Phi) is 4.61. The molecule has 5 heteroatoms. The lowest BCUT2D eigenvalue weighted by molar-refractivity contribution is -0.147. The van der Waals surface area contributed by atoms with E-state index >= 15 is 0 Å². The van der Waals surface area contributed by atoms with E-state index < -0.39 is 11.5 Å². The van der Waals surface area contributed by atoms with Crippen LogP contribution < -0.4 is 5.32 Å². The molecule has 1 aliphatic heterocycles. The Morgan fingerprint density at radius 2 is 2.05 bits per heavy atom. The van der Waals surface area contributed by atoms with E-state index in [9.17, 15) is 14.7 Å². The van der Waals surface area contributed by atoms with Crippen molar-refractivity contribution in [2.24, 2.45) is 17.3 Å². The normalized spacial score (nSPS) is 35.4. The molecule has 0 radical (unpaired) electrons. The summed E-state index contributed by atoms with van der Waals surface area (Å²) in [5.41, 5.74) is -0.948. The van der Waals surface area contributed by atoms with Gasteiger partial charge in [-0.15, -0.1) is 0 Å². The smallest absolute Gasteiger partial charge is 0.331 e. The van der Waals surface area contributed by atoms with Crippen LogP contribution in [0, 0.1) is 17.3 Å². The quantitative estimate of drug-likeness (QED) is 0.834. The summed E-state index contributed by atoms with van der Waals surface area (Å²) < 4.78 is 5.17. The molecule has 1 saturated heterocycles. The average Bonchev–Trinajstić information content (AvgIpc) is 2.75. The van der Waals surface area contributed by atoms with Crippen molar-refractivity contribution in [3.05, 3.63) is 0 Å². The summed E-state index contributed by atoms with van der Waals surface area (Å²) in [7, 11) is 0. The fourth-order valence-electron chi connectivity index (χ4n) is 4.17. The Labute approximate surface area is 126 Å². The molecule has 0 aromatic heterocycles. The first-order valence-corrected chi connectivity index (χ1v) is 7.85. The fraction of sp³-hybridized carbons (Fsp3) is 0.875. The van der Waals surface area contributed by atoms with Crippen molar-refractivity contribution in [1.29, 1.82) is 0 Å². The number of carboxylic acid groups (broad SMARTS) is 1. The average molecular weight is 297 g/mol. The number of aliphatic carboxylic acids is 1. The van der Waals surface area contributed by atoms with E-state index in [0.29, 0.717) is 31.3 Å². The Hall–Kier alpha value is -1.10. The van der Waals surface area contributed by atoms with Crippen LogP contribution in [0.15, 0.2) is 0 Å². The molecule has 0 bridgehead atoms. The summed E-state index contributed by atoms with van der Waals surface area (Å²) in [6.07, 6.45) is 4.04. The van der Waals surface area contributed by atoms with Gasteiger partial charge >= 0.3 is 5.97 Å². The second kappa shape index (κ2) is 5.95. The summed E-state index contributed by atoms with van der Waals surface area (Å²) in [5.74, 6) is -0.185. The van der Waals surface area contributed by atoms with Crippen LogP contribution in [0.2, 0.25) is 0 Å². The third-order valence-corrected chi connectivity index (χ3v) is 4.76. The lowest BCUT2D eigenvalue weighted by Crippen LogP contribution is -2.55. The van der Waals surface area contributed by atoms with Crippen molar-refractivity contribution < 1.29 is 19.4 Å². The van der Waals surface area contributed by atoms with Gasteiger partial charge < -0.3 is 15.2 Å². The van der Waals surface area contributed by atoms with Crippen LogP contribution in [-0.2, 0) is 14.3 Å². The van der Waals surface area contributed by atoms with E-state index in [1.54, 1.807) is 0 Å². The minimum absolute atomic E-state index is 0.0701. The van der Waals surface area contributed by atoms with Gasteiger partial charge in [-0.3, -0.25) is 4.79 Å². The van der Waals surface area contributed by atoms with Gasteiger partial charge in [-0.05, 0) is 36.5 Å². The molecule has 1 heterocycles. The lowest BCUT2D eigenvalue weighted by atomic mass is 9.67. The molecule has 0 spiro atoms. The maximum atomic E-state index is 12.3. The maximum absolute atomic E-state index is 12.3. The second-order valence-corrected chi connectivity index (χ2v) is 7.72. The van der Waals surface area contributed by atoms with Gasteiger partial charge in [0.1, 0.15) is 0 Å². The SMILES string of the molecule is CC1CC(CC(=O)NC2(C(=O)O)CCOC2)CC(C)(C)C1. The molecule has 1 saturated carbocycles. The topological polar surface area (TPSA) is 75.6 Å². The summed E-state index contributed by atoms with van der Waals surface area (Å²) in [4.78, 5) is 23.7. The molecule has 0 aromatic rings. The number of carbonyl (C=O) groups excluding carboxylic acids is 1. The van der Waals surface area contributed by atoms with Crippen LogP contribution in [0.3, 0.4) is 0 Å². The first-order valence-electron chi connectivity index (χ1n) is 7.85. The monoisotopic (exact) mass is 297 g/mol. The summed E-state index contributed by atoms with van der Waals surface area (Å²) in [6, 6.07) is 0. The molecule has 21 heavy (non-hydrogen) atoms. The molecule has 3 unspecified atom stereocenters. The van der Waals surface area contributed by atoms with Crippen molar-refractivity contribution in [3.63, 3.8) is 0 Å². The zero-order chi connectivity index (χ0) is 15.7. The van der Waals surface area contributed by atoms with E-state index in [-0.39, 0.29) is 17.9 Å². The van der Waals surface area contributed by atoms with Gasteiger partial charge in [0.15, 0.2) is 5.54 Å². The molecular weight excluding hydrogens is 270 g/mol. The predicted octanol–water partition coefficient (Wildman–Crippen LogP) is 2.20. The number of ether oxygens (including phenoxy) is 1. The van der Waals surface area contributed by atoms with Crippen molar-refractivity contribution in [2.45, 2.75) is 58.4 Å². The van der Waals surface area contributed by atoms with Crippen molar-refractivity contribution >= 4 is 11.9 Å². The molecule has 2 rings (SSSR count). The number of rotatable bonds is 4. The Morgan fingerprint density at radius 3 is 2.57 bits per heavy atom. The number of amides is 1. The van der Waals surface area contributed by atoms with Crippen LogP contribution in [0.1, 0.15) is 52.9 Å². The van der Waals surface area contributed by atoms with Gasteiger partial charge in [-0.25, -0.2) is 4.79 Å². The highest BCUT2D eigenvalue weighted by Gasteiger charge is 2.44. The Morgan fingerprint density at radius 1 is 1.33 bits per heavy atom. The summed E-state index contributed by atoms with van der Waals surface area (Å²) >= 11 is 0. The fourth-order valence-corrected chi connectivity index (χ4v) is 4.17. The predicted molar refractivity (Wildman–Crippen MR) is 78.8 cm³/mol. The van der Waals surface area contributed by atoms with E-state index in [0.717, 1.165) is 12.8 Å². The molecule has 3 atom stereocenters. The molecule has 2 N–H and O–H groups in total. The summed E-state index contributed by atoms with van der Waals surface area (Å²) in [6.45, 7) is 7.18. The molecule has 1 aliphatic carbocycles. The molecule has 5 nitrogen and oxygen atoms in total. The standard InChI is InChI=1S/C16H27NO4/c1-11-6-12(9-15(2,3)8-11)7-13(18)17-16(14(19)20)4-5-21-10-16/h11-12H,4-10H2,1-3H3,(H,17,18)(H,19,20). The van der Waals surface area contributed by atoms with Crippen LogP contribution in [0.25, 0.3) is 0 Å². The Bertz CT molecular complexity index is 413. The number of hydrogen-bond acceptors (Lipinski definition) is 3. The molecular formula is C16H27NO4. The zero-order valence-corrected chi connectivity index (χ0v) is 13.3. The van der Waals surface area contributed by atoms with Gasteiger partial charge in [-0.1, -0.05) is 20.8 Å². The second-order valence-electron chi connectivity index (χ2n) is 7.72. The molecule has 2 fully saturated rings. The third-order valence-electron chi connectivity index (χ3n) is 4.76. The molecule has 1 amide bonds. The first-order chi connectivity index (χ1) is 9.72. The van der Waals surface area contributed by atoms with Gasteiger partial charge in [0.2, 0.25) is 5.91 Å². The van der Waals surface area contributed by atoms with Crippen molar-refractivity contribution in [2.75, 3.05) is 13.2 Å². The van der Waals surface area contributed by atoms with E-state index in [1.165, 1.54) is 6.42 Å². The number of carbonyl (C=O) groups is 2. The highest BCUT2D eigenvalue weighted by atomic mass is 16.5. The lowest BCUT2D eigenvalue weighted by Gasteiger charge is -2.39. The summed E-state index contributed by atoms with van der Waals surface area (Å²) in [5, 5.41) is 12.1. The third kappa shape index (κ3) is 3.96. The van der Waals surface area contributed by atoms with Crippen LogP contribution >= 0.6 is 0 Å². The number of nitrogens with one attached hydrogen (secondary N) is 1. The minimum atomic E-state index is -1.22. The first kappa shape index (κ1) is 16.3. The van der Waals surface area contributed by atoms with E-state index in [4.69, 9.17) is 4.74 Å². The highest BCUT2D eigenvalue weighted by Crippen LogP contribution is 2.42. The Balaban J connectivity index is 1.93. The molecule has 120 valence electrons. The van der Waals surface area contributed by atoms with Gasteiger partial charge in [0, 0.05) is 19.4 Å². The van der Waals surface area contributed by atoms with Crippen LogP contribution in [0.4, 0.5) is 0 Å². The van der Waals surface area contributed by atoms with Crippen molar-refractivity contribution in [1.82, 2.24) is 5.32 Å².